The normalized spacial score (nSPS) is 15.7. The second kappa shape index (κ2) is 9.69. The van der Waals surface area contributed by atoms with Crippen molar-refractivity contribution < 1.29 is 37.4 Å². The standard InChI is InChI=1S/C24H23F2N3O6/c1-12(30)28-16-6-2-5-15-20(16)23(33)29(22(15)32)17(10-19(27)31)14-4-3-7-18(21(14)35-24(25)26)34-11-13-8-9-13/h2-7,13,17,24H,8-11H2,1H3,(H2,27,31)(H,28,30). The third kappa shape index (κ3) is 5.08. The zero-order valence-electron chi connectivity index (χ0n) is 18.8. The number of imide groups is 1. The maximum absolute atomic E-state index is 13.4. The minimum atomic E-state index is -3.23. The molecule has 1 fully saturated rings. The van der Waals surface area contributed by atoms with Gasteiger partial charge in [-0.05, 0) is 37.0 Å². The van der Waals surface area contributed by atoms with Gasteiger partial charge in [0.1, 0.15) is 0 Å². The topological polar surface area (TPSA) is 128 Å². The van der Waals surface area contributed by atoms with Crippen molar-refractivity contribution in [3.63, 3.8) is 0 Å². The number of nitrogens with one attached hydrogen (secondary N) is 1. The first kappa shape index (κ1) is 24.1. The minimum Gasteiger partial charge on any atom is -0.489 e. The quantitative estimate of drug-likeness (QED) is 0.495. The Labute approximate surface area is 199 Å². The Kier molecular flexibility index (Phi) is 6.68. The SMILES string of the molecule is CC(=O)Nc1cccc2c1C(=O)N(C(CC(N)=O)c1cccc(OCC3CC3)c1OC(F)F)C2=O. The Morgan fingerprint density at radius 3 is 2.49 bits per heavy atom. The smallest absolute Gasteiger partial charge is 0.387 e. The number of benzene rings is 2. The Balaban J connectivity index is 1.79. The van der Waals surface area contributed by atoms with Gasteiger partial charge in [-0.15, -0.1) is 0 Å². The van der Waals surface area contributed by atoms with Crippen LogP contribution in [0, 0.1) is 5.92 Å². The molecule has 1 aliphatic carbocycles. The average molecular weight is 487 g/mol. The second-order valence-corrected chi connectivity index (χ2v) is 8.38. The van der Waals surface area contributed by atoms with E-state index in [1.54, 1.807) is 0 Å². The van der Waals surface area contributed by atoms with Gasteiger partial charge in [0.15, 0.2) is 11.5 Å². The summed E-state index contributed by atoms with van der Waals surface area (Å²) in [6.07, 6.45) is 1.37. The van der Waals surface area contributed by atoms with Gasteiger partial charge >= 0.3 is 6.61 Å². The number of fused-ring (bicyclic) bond motifs is 1. The number of nitrogens with zero attached hydrogens (tertiary/aromatic N) is 1. The van der Waals surface area contributed by atoms with Gasteiger partial charge < -0.3 is 20.5 Å². The fourth-order valence-electron chi connectivity index (χ4n) is 4.03. The number of hydrogen-bond donors (Lipinski definition) is 2. The van der Waals surface area contributed by atoms with Crippen molar-refractivity contribution >= 4 is 29.3 Å². The van der Waals surface area contributed by atoms with Crippen LogP contribution in [0.5, 0.6) is 11.5 Å². The molecule has 184 valence electrons. The largest absolute Gasteiger partial charge is 0.489 e. The number of primary amides is 1. The average Bonchev–Trinajstić information content (AvgIpc) is 3.57. The highest BCUT2D eigenvalue weighted by molar-refractivity contribution is 6.24. The molecule has 1 atom stereocenters. The van der Waals surface area contributed by atoms with E-state index in [1.165, 1.54) is 43.3 Å². The number of carbonyl (C=O) groups excluding carboxylic acids is 4. The number of alkyl halides is 2. The molecule has 9 nitrogen and oxygen atoms in total. The molecule has 1 unspecified atom stereocenters. The Morgan fingerprint density at radius 1 is 1.14 bits per heavy atom. The number of carbonyl (C=O) groups is 4. The summed E-state index contributed by atoms with van der Waals surface area (Å²) in [6.45, 7) is -1.70. The summed E-state index contributed by atoms with van der Waals surface area (Å²) in [6, 6.07) is 7.27. The third-order valence-electron chi connectivity index (χ3n) is 5.71. The monoisotopic (exact) mass is 487 g/mol. The van der Waals surface area contributed by atoms with Crippen LogP contribution < -0.4 is 20.5 Å². The molecular formula is C24H23F2N3O6. The summed E-state index contributed by atoms with van der Waals surface area (Å²) in [4.78, 5) is 51.1. The molecule has 0 bridgehead atoms. The first-order valence-corrected chi connectivity index (χ1v) is 10.9. The van der Waals surface area contributed by atoms with Crippen molar-refractivity contribution in [2.24, 2.45) is 11.7 Å². The summed E-state index contributed by atoms with van der Waals surface area (Å²) >= 11 is 0. The van der Waals surface area contributed by atoms with Crippen LogP contribution in [0.2, 0.25) is 0 Å². The van der Waals surface area contributed by atoms with Gasteiger partial charge in [0.2, 0.25) is 11.8 Å². The molecule has 1 aliphatic heterocycles. The van der Waals surface area contributed by atoms with Crippen LogP contribution in [-0.4, -0.2) is 41.7 Å². The number of halogens is 2. The highest BCUT2D eigenvalue weighted by Crippen LogP contribution is 2.43. The summed E-state index contributed by atoms with van der Waals surface area (Å²) in [5.41, 5.74) is 5.42. The van der Waals surface area contributed by atoms with E-state index in [4.69, 9.17) is 15.2 Å². The van der Waals surface area contributed by atoms with E-state index in [9.17, 15) is 28.0 Å². The van der Waals surface area contributed by atoms with Gasteiger partial charge in [-0.2, -0.15) is 8.78 Å². The highest BCUT2D eigenvalue weighted by atomic mass is 19.3. The van der Waals surface area contributed by atoms with Crippen molar-refractivity contribution in [3.05, 3.63) is 53.1 Å². The Hall–Kier alpha value is -4.02. The molecule has 1 saturated carbocycles. The van der Waals surface area contributed by atoms with Crippen molar-refractivity contribution in [2.45, 2.75) is 38.8 Å². The lowest BCUT2D eigenvalue weighted by Crippen LogP contribution is -2.37. The minimum absolute atomic E-state index is 0.000264. The van der Waals surface area contributed by atoms with E-state index in [-0.39, 0.29) is 40.5 Å². The number of ether oxygens (including phenoxy) is 2. The summed E-state index contributed by atoms with van der Waals surface area (Å²) in [7, 11) is 0. The maximum Gasteiger partial charge on any atom is 0.387 e. The first-order chi connectivity index (χ1) is 16.7. The molecule has 2 aliphatic rings. The fraction of sp³-hybridized carbons (Fsp3) is 0.333. The van der Waals surface area contributed by atoms with Gasteiger partial charge in [0.25, 0.3) is 11.8 Å². The Morgan fingerprint density at radius 2 is 1.86 bits per heavy atom. The maximum atomic E-state index is 13.4. The van der Waals surface area contributed by atoms with E-state index < -0.39 is 42.7 Å². The molecule has 3 N–H and O–H groups in total. The number of hydrogen-bond acceptors (Lipinski definition) is 6. The summed E-state index contributed by atoms with van der Waals surface area (Å²) in [5, 5.41) is 2.50. The van der Waals surface area contributed by atoms with Gasteiger partial charge in [0, 0.05) is 12.5 Å². The van der Waals surface area contributed by atoms with Crippen LogP contribution in [0.25, 0.3) is 0 Å². The molecular weight excluding hydrogens is 464 g/mol. The molecule has 1 heterocycles. The molecule has 0 saturated heterocycles. The van der Waals surface area contributed by atoms with Gasteiger partial charge in [-0.1, -0.05) is 18.2 Å². The lowest BCUT2D eigenvalue weighted by molar-refractivity contribution is -0.119. The van der Waals surface area contributed by atoms with Crippen molar-refractivity contribution in [1.82, 2.24) is 4.90 Å². The molecule has 2 aromatic rings. The number of amides is 4. The van der Waals surface area contributed by atoms with E-state index in [1.807, 2.05) is 0 Å². The van der Waals surface area contributed by atoms with Crippen LogP contribution in [0.15, 0.2) is 36.4 Å². The molecule has 4 rings (SSSR count). The Bertz CT molecular complexity index is 1200. The number of anilines is 1. The number of para-hydroxylation sites is 1. The predicted molar refractivity (Wildman–Crippen MR) is 119 cm³/mol. The molecule has 0 aromatic heterocycles. The third-order valence-corrected chi connectivity index (χ3v) is 5.71. The molecule has 35 heavy (non-hydrogen) atoms. The zero-order chi connectivity index (χ0) is 25.3. The van der Waals surface area contributed by atoms with E-state index in [0.717, 1.165) is 17.7 Å². The van der Waals surface area contributed by atoms with Crippen LogP contribution in [0.1, 0.15) is 58.5 Å². The first-order valence-electron chi connectivity index (χ1n) is 10.9. The van der Waals surface area contributed by atoms with Crippen LogP contribution >= 0.6 is 0 Å². The highest BCUT2D eigenvalue weighted by Gasteiger charge is 2.44. The van der Waals surface area contributed by atoms with Gasteiger partial charge in [-0.25, -0.2) is 0 Å². The van der Waals surface area contributed by atoms with E-state index in [2.05, 4.69) is 5.32 Å². The zero-order valence-corrected chi connectivity index (χ0v) is 18.8. The molecule has 2 aromatic carbocycles. The van der Waals surface area contributed by atoms with Gasteiger partial charge in [0.05, 0.1) is 35.9 Å². The molecule has 0 spiro atoms. The summed E-state index contributed by atoms with van der Waals surface area (Å²) < 4.78 is 37.2. The van der Waals surface area contributed by atoms with Crippen LogP contribution in [-0.2, 0) is 9.59 Å². The predicted octanol–water partition coefficient (Wildman–Crippen LogP) is 3.25. The van der Waals surface area contributed by atoms with Crippen molar-refractivity contribution in [1.29, 1.82) is 0 Å². The lowest BCUT2D eigenvalue weighted by atomic mass is 9.99. The number of rotatable bonds is 10. The molecule has 4 amide bonds. The van der Waals surface area contributed by atoms with Crippen molar-refractivity contribution in [2.75, 3.05) is 11.9 Å². The van der Waals surface area contributed by atoms with E-state index >= 15 is 0 Å². The fourth-order valence-corrected chi connectivity index (χ4v) is 4.03. The van der Waals surface area contributed by atoms with Crippen LogP contribution in [0.4, 0.5) is 14.5 Å². The van der Waals surface area contributed by atoms with Gasteiger partial charge in [-0.3, -0.25) is 24.1 Å². The van der Waals surface area contributed by atoms with Crippen molar-refractivity contribution in [3.8, 4) is 11.5 Å². The lowest BCUT2D eigenvalue weighted by Gasteiger charge is -2.28. The number of nitrogens with two attached hydrogens (primary N) is 1. The van der Waals surface area contributed by atoms with E-state index in [0.29, 0.717) is 5.92 Å². The van der Waals surface area contributed by atoms with Crippen LogP contribution in [0.3, 0.4) is 0 Å². The second-order valence-electron chi connectivity index (χ2n) is 8.38. The molecule has 11 heteroatoms. The molecule has 0 radical (unpaired) electrons. The summed E-state index contributed by atoms with van der Waals surface area (Å²) in [5.74, 6) is -2.99.